The van der Waals surface area contributed by atoms with Gasteiger partial charge in [0.1, 0.15) is 0 Å². The first-order valence-corrected chi connectivity index (χ1v) is 11.3. The minimum Gasteiger partial charge on any atom is -0.369 e. The molecule has 0 radical (unpaired) electrons. The van der Waals surface area contributed by atoms with Crippen LogP contribution in [-0.4, -0.2) is 38.0 Å². The highest BCUT2D eigenvalue weighted by atomic mass is 127. The molecule has 1 aliphatic heterocycles. The molecule has 2 aromatic rings. The van der Waals surface area contributed by atoms with Crippen molar-refractivity contribution in [1.29, 1.82) is 0 Å². The third-order valence-corrected chi connectivity index (χ3v) is 6.28. The molecule has 1 heterocycles. The van der Waals surface area contributed by atoms with E-state index in [1.807, 2.05) is 18.2 Å². The molecular formula is C25H34IN5O. The largest absolute Gasteiger partial charge is 0.369 e. The van der Waals surface area contributed by atoms with Crippen LogP contribution in [0.25, 0.3) is 0 Å². The van der Waals surface area contributed by atoms with Gasteiger partial charge in [-0.25, -0.2) is 0 Å². The Bertz CT molecular complexity index is 926. The fourth-order valence-electron chi connectivity index (χ4n) is 4.12. The number of halogens is 1. The molecule has 2 aromatic carbocycles. The lowest BCUT2D eigenvalue weighted by Gasteiger charge is -2.24. The molecule has 0 aromatic heterocycles. The lowest BCUT2D eigenvalue weighted by molar-refractivity contribution is -0.122. The molecule has 1 saturated heterocycles. The lowest BCUT2D eigenvalue weighted by Crippen LogP contribution is -2.44. The van der Waals surface area contributed by atoms with Crippen LogP contribution in [0.15, 0.2) is 53.5 Å². The van der Waals surface area contributed by atoms with E-state index in [0.717, 1.165) is 56.0 Å². The van der Waals surface area contributed by atoms with Gasteiger partial charge in [-0.2, -0.15) is 0 Å². The summed E-state index contributed by atoms with van der Waals surface area (Å²) in [6.45, 7) is 4.78. The number of guanidine groups is 1. The minimum atomic E-state index is 0. The van der Waals surface area contributed by atoms with Gasteiger partial charge in [-0.1, -0.05) is 36.2 Å². The van der Waals surface area contributed by atoms with Gasteiger partial charge >= 0.3 is 0 Å². The summed E-state index contributed by atoms with van der Waals surface area (Å²) in [5.41, 5.74) is 4.54. The van der Waals surface area contributed by atoms with Gasteiger partial charge in [-0.3, -0.25) is 9.79 Å². The number of nitrogens with zero attached hydrogens (tertiary/aromatic N) is 2. The average Bonchev–Trinajstić information content (AvgIpc) is 3.19. The summed E-state index contributed by atoms with van der Waals surface area (Å²) in [5, 5.41) is 10.0. The van der Waals surface area contributed by atoms with Crippen LogP contribution >= 0.6 is 24.0 Å². The molecule has 4 rings (SSSR count). The van der Waals surface area contributed by atoms with Crippen molar-refractivity contribution in [2.24, 2.45) is 10.9 Å². The van der Waals surface area contributed by atoms with Gasteiger partial charge in [-0.05, 0) is 56.0 Å². The average molecular weight is 547 g/mol. The normalized spacial score (nSPS) is 18.5. The van der Waals surface area contributed by atoms with E-state index in [4.69, 9.17) is 0 Å². The SMILES string of the molecule is CN=C(NCc1cccc(NC(=O)C2CCC2)c1)NC1CCN(c2ccc(C)cc2)C1.I. The molecule has 2 aliphatic rings. The van der Waals surface area contributed by atoms with Crippen molar-refractivity contribution in [3.8, 4) is 0 Å². The van der Waals surface area contributed by atoms with E-state index in [1.54, 1.807) is 7.05 Å². The number of aryl methyl sites for hydroxylation is 1. The second-order valence-corrected chi connectivity index (χ2v) is 8.65. The quantitative estimate of drug-likeness (QED) is 0.287. The Morgan fingerprint density at radius 2 is 1.91 bits per heavy atom. The Labute approximate surface area is 208 Å². The van der Waals surface area contributed by atoms with E-state index in [9.17, 15) is 4.79 Å². The van der Waals surface area contributed by atoms with Crippen molar-refractivity contribution in [3.63, 3.8) is 0 Å². The zero-order chi connectivity index (χ0) is 21.6. The Hall–Kier alpha value is -2.29. The van der Waals surface area contributed by atoms with Crippen LogP contribution in [0, 0.1) is 12.8 Å². The lowest BCUT2D eigenvalue weighted by atomic mass is 9.85. The van der Waals surface area contributed by atoms with E-state index in [1.165, 1.54) is 11.3 Å². The van der Waals surface area contributed by atoms with Crippen molar-refractivity contribution in [2.45, 2.75) is 45.2 Å². The fourth-order valence-corrected chi connectivity index (χ4v) is 4.12. The molecule has 2 fully saturated rings. The predicted molar refractivity (Wildman–Crippen MR) is 143 cm³/mol. The first-order chi connectivity index (χ1) is 15.1. The maximum Gasteiger partial charge on any atom is 0.227 e. The highest BCUT2D eigenvalue weighted by Gasteiger charge is 2.25. The number of rotatable bonds is 6. The summed E-state index contributed by atoms with van der Waals surface area (Å²) in [7, 11) is 1.80. The zero-order valence-corrected chi connectivity index (χ0v) is 21.3. The van der Waals surface area contributed by atoms with E-state index >= 15 is 0 Å². The van der Waals surface area contributed by atoms with Gasteiger partial charge in [0.05, 0.1) is 0 Å². The number of carbonyl (C=O) groups excluding carboxylic acids is 1. The molecule has 1 atom stereocenters. The molecular weight excluding hydrogens is 513 g/mol. The maximum absolute atomic E-state index is 12.2. The minimum absolute atomic E-state index is 0. The number of anilines is 2. The van der Waals surface area contributed by atoms with Crippen LogP contribution in [0.4, 0.5) is 11.4 Å². The van der Waals surface area contributed by atoms with Crippen molar-refractivity contribution in [3.05, 3.63) is 59.7 Å². The van der Waals surface area contributed by atoms with Gasteiger partial charge in [0, 0.05) is 50.0 Å². The third-order valence-electron chi connectivity index (χ3n) is 6.28. The molecule has 7 heteroatoms. The van der Waals surface area contributed by atoms with Crippen LogP contribution in [-0.2, 0) is 11.3 Å². The monoisotopic (exact) mass is 547 g/mol. The topological polar surface area (TPSA) is 68.8 Å². The van der Waals surface area contributed by atoms with E-state index in [2.05, 4.69) is 63.1 Å². The zero-order valence-electron chi connectivity index (χ0n) is 18.9. The molecule has 1 aliphatic carbocycles. The third kappa shape index (κ3) is 6.37. The second kappa shape index (κ2) is 11.5. The number of amides is 1. The molecule has 1 saturated carbocycles. The smallest absolute Gasteiger partial charge is 0.227 e. The van der Waals surface area contributed by atoms with Gasteiger partial charge < -0.3 is 20.9 Å². The Morgan fingerprint density at radius 1 is 1.12 bits per heavy atom. The summed E-state index contributed by atoms with van der Waals surface area (Å²) in [5.74, 6) is 1.14. The predicted octanol–water partition coefficient (Wildman–Crippen LogP) is 4.30. The highest BCUT2D eigenvalue weighted by molar-refractivity contribution is 14.0. The maximum atomic E-state index is 12.2. The Balaban J connectivity index is 0.00000289. The Morgan fingerprint density at radius 3 is 2.59 bits per heavy atom. The van der Waals surface area contributed by atoms with Crippen LogP contribution < -0.4 is 20.9 Å². The van der Waals surface area contributed by atoms with Gasteiger partial charge in [0.2, 0.25) is 5.91 Å². The molecule has 172 valence electrons. The van der Waals surface area contributed by atoms with Crippen LogP contribution in [0.5, 0.6) is 0 Å². The molecule has 1 unspecified atom stereocenters. The van der Waals surface area contributed by atoms with Crippen molar-refractivity contribution in [2.75, 3.05) is 30.4 Å². The van der Waals surface area contributed by atoms with E-state index < -0.39 is 0 Å². The molecule has 0 spiro atoms. The van der Waals surface area contributed by atoms with Crippen molar-refractivity contribution in [1.82, 2.24) is 10.6 Å². The van der Waals surface area contributed by atoms with Crippen LogP contribution in [0.1, 0.15) is 36.8 Å². The molecule has 1 amide bonds. The number of benzene rings is 2. The first kappa shape index (κ1) is 24.4. The molecule has 0 bridgehead atoms. The number of aliphatic imine (C=N–C) groups is 1. The van der Waals surface area contributed by atoms with Gasteiger partial charge in [0.15, 0.2) is 5.96 Å². The summed E-state index contributed by atoms with van der Waals surface area (Å²) >= 11 is 0. The fraction of sp³-hybridized carbons (Fsp3) is 0.440. The highest BCUT2D eigenvalue weighted by Crippen LogP contribution is 2.27. The van der Waals surface area contributed by atoms with Crippen LogP contribution in [0.3, 0.4) is 0 Å². The van der Waals surface area contributed by atoms with Crippen LogP contribution in [0.2, 0.25) is 0 Å². The molecule has 3 N–H and O–H groups in total. The molecule has 6 nitrogen and oxygen atoms in total. The second-order valence-electron chi connectivity index (χ2n) is 8.65. The number of hydrogen-bond acceptors (Lipinski definition) is 3. The summed E-state index contributed by atoms with van der Waals surface area (Å²) in [6, 6.07) is 17.1. The first-order valence-electron chi connectivity index (χ1n) is 11.3. The van der Waals surface area contributed by atoms with E-state index in [-0.39, 0.29) is 35.8 Å². The van der Waals surface area contributed by atoms with E-state index in [0.29, 0.717) is 12.6 Å². The van der Waals surface area contributed by atoms with Crippen molar-refractivity contribution >= 4 is 47.2 Å². The summed E-state index contributed by atoms with van der Waals surface area (Å²) in [4.78, 5) is 19.0. The Kier molecular flexibility index (Phi) is 8.78. The number of hydrogen-bond donors (Lipinski definition) is 3. The van der Waals surface area contributed by atoms with Crippen molar-refractivity contribution < 1.29 is 4.79 Å². The number of nitrogens with one attached hydrogen (secondary N) is 3. The van der Waals surface area contributed by atoms with Gasteiger partial charge in [-0.15, -0.1) is 24.0 Å². The standard InChI is InChI=1S/C25H33N5O.HI/c1-18-9-11-23(12-10-18)30-14-13-22(17-30)29-25(26-2)27-16-19-5-3-8-21(15-19)28-24(31)20-6-4-7-20;/h3,5,8-12,15,20,22H,4,6-7,13-14,16-17H2,1-2H3,(H,28,31)(H2,26,27,29);1H. The van der Waals surface area contributed by atoms with Gasteiger partial charge in [0.25, 0.3) is 0 Å². The summed E-state index contributed by atoms with van der Waals surface area (Å²) in [6.07, 6.45) is 4.27. The molecule has 32 heavy (non-hydrogen) atoms. The summed E-state index contributed by atoms with van der Waals surface area (Å²) < 4.78 is 0. The number of carbonyl (C=O) groups is 1.